The van der Waals surface area contributed by atoms with Gasteiger partial charge in [0.15, 0.2) is 5.82 Å². The fourth-order valence-corrected chi connectivity index (χ4v) is 5.73. The molecule has 0 radical (unpaired) electrons. The van der Waals surface area contributed by atoms with E-state index in [4.69, 9.17) is 9.72 Å². The molecule has 1 spiro atoms. The zero-order valence-electron chi connectivity index (χ0n) is 20.1. The Morgan fingerprint density at radius 2 is 1.75 bits per heavy atom. The van der Waals surface area contributed by atoms with Gasteiger partial charge in [-0.3, -0.25) is 14.7 Å². The third-order valence-electron chi connectivity index (χ3n) is 7.71. The van der Waals surface area contributed by atoms with Gasteiger partial charge in [-0.15, -0.1) is 0 Å². The summed E-state index contributed by atoms with van der Waals surface area (Å²) < 4.78 is 5.47. The summed E-state index contributed by atoms with van der Waals surface area (Å²) in [4.78, 5) is 38.9. The number of morpholine rings is 1. The Morgan fingerprint density at radius 3 is 2.53 bits per heavy atom. The normalized spacial score (nSPS) is 19.1. The van der Waals surface area contributed by atoms with Crippen LogP contribution in [0.2, 0.25) is 0 Å². The Labute approximate surface area is 207 Å². The molecule has 2 aromatic heterocycles. The predicted molar refractivity (Wildman–Crippen MR) is 135 cm³/mol. The number of nitrogens with one attached hydrogen (secondary N) is 2. The number of carbonyl (C=O) groups excluding carboxylic acids is 2. The van der Waals surface area contributed by atoms with Crippen LogP contribution in [0.1, 0.15) is 17.3 Å². The molecule has 7 rings (SSSR count). The van der Waals surface area contributed by atoms with Crippen molar-refractivity contribution in [3.05, 3.63) is 42.0 Å². The van der Waals surface area contributed by atoms with Gasteiger partial charge in [0.25, 0.3) is 5.91 Å². The molecule has 4 aromatic rings. The van der Waals surface area contributed by atoms with Gasteiger partial charge in [0.1, 0.15) is 5.69 Å². The Kier molecular flexibility index (Phi) is 4.62. The molecule has 5 heterocycles. The first-order valence-electron chi connectivity index (χ1n) is 12.3. The first-order valence-corrected chi connectivity index (χ1v) is 12.3. The number of H-pyrrole nitrogens is 2. The fourth-order valence-electron chi connectivity index (χ4n) is 5.73. The van der Waals surface area contributed by atoms with Gasteiger partial charge >= 0.3 is 0 Å². The van der Waals surface area contributed by atoms with E-state index in [9.17, 15) is 9.59 Å². The highest BCUT2D eigenvalue weighted by Gasteiger charge is 2.53. The lowest BCUT2D eigenvalue weighted by Gasteiger charge is -2.60. The molecule has 2 aromatic carbocycles. The maximum atomic E-state index is 13.2. The van der Waals surface area contributed by atoms with E-state index in [1.54, 1.807) is 6.92 Å². The summed E-state index contributed by atoms with van der Waals surface area (Å²) >= 11 is 0. The maximum absolute atomic E-state index is 13.2. The van der Waals surface area contributed by atoms with Gasteiger partial charge in [0, 0.05) is 68.2 Å². The van der Waals surface area contributed by atoms with Gasteiger partial charge in [0.05, 0.1) is 29.8 Å². The standard InChI is InChI=1S/C26H27N7O3/c1-16(34)32-12-26(13-32)14-33(15-26)25(35)17-2-4-20-19(10-17)23(30-29-20)24-27-21-5-3-18(11-22(21)28-24)31-6-8-36-9-7-31/h2-5,10-11H,6-9,12-15H2,1H3,(H,27,28)(H,29,30). The number of ether oxygens (including phenoxy) is 1. The summed E-state index contributed by atoms with van der Waals surface area (Å²) in [5, 5.41) is 8.44. The maximum Gasteiger partial charge on any atom is 0.253 e. The van der Waals surface area contributed by atoms with E-state index in [1.807, 2.05) is 34.1 Å². The van der Waals surface area contributed by atoms with Crippen LogP contribution in [0.5, 0.6) is 0 Å². The molecule has 2 N–H and O–H groups in total. The molecule has 0 unspecified atom stereocenters. The van der Waals surface area contributed by atoms with Gasteiger partial charge in [-0.25, -0.2) is 4.98 Å². The van der Waals surface area contributed by atoms with Gasteiger partial charge < -0.3 is 24.4 Å². The van der Waals surface area contributed by atoms with Crippen LogP contribution in [0.15, 0.2) is 36.4 Å². The smallest absolute Gasteiger partial charge is 0.253 e. The van der Waals surface area contributed by atoms with Crippen LogP contribution >= 0.6 is 0 Å². The average molecular weight is 486 g/mol. The predicted octanol–water partition coefficient (Wildman–Crippen LogP) is 2.25. The first-order chi connectivity index (χ1) is 17.5. The van der Waals surface area contributed by atoms with Crippen molar-refractivity contribution in [2.45, 2.75) is 6.92 Å². The summed E-state index contributed by atoms with van der Waals surface area (Å²) in [7, 11) is 0. The molecule has 10 nitrogen and oxygen atoms in total. The number of hydrogen-bond donors (Lipinski definition) is 2. The number of anilines is 1. The third-order valence-corrected chi connectivity index (χ3v) is 7.71. The fraction of sp³-hybridized carbons (Fsp3) is 0.385. The van der Waals surface area contributed by atoms with Gasteiger partial charge in [0.2, 0.25) is 5.91 Å². The molecule has 2 amide bonds. The Bertz CT molecular complexity index is 1500. The molecular weight excluding hydrogens is 458 g/mol. The average Bonchev–Trinajstić information content (AvgIpc) is 3.45. The monoisotopic (exact) mass is 485 g/mol. The van der Waals surface area contributed by atoms with Gasteiger partial charge in [-0.05, 0) is 36.4 Å². The molecule has 3 fully saturated rings. The van der Waals surface area contributed by atoms with Crippen molar-refractivity contribution < 1.29 is 14.3 Å². The molecule has 0 aliphatic carbocycles. The van der Waals surface area contributed by atoms with Crippen LogP contribution in [-0.2, 0) is 9.53 Å². The number of benzene rings is 2. The Hall–Kier alpha value is -3.92. The van der Waals surface area contributed by atoms with Crippen molar-refractivity contribution in [2.75, 3.05) is 57.4 Å². The highest BCUT2D eigenvalue weighted by molar-refractivity contribution is 6.01. The van der Waals surface area contributed by atoms with Crippen LogP contribution in [0.25, 0.3) is 33.5 Å². The number of nitrogens with zero attached hydrogens (tertiary/aromatic N) is 5. The van der Waals surface area contributed by atoms with E-state index in [-0.39, 0.29) is 17.2 Å². The van der Waals surface area contributed by atoms with Crippen LogP contribution in [0.4, 0.5) is 5.69 Å². The summed E-state index contributed by atoms with van der Waals surface area (Å²) in [6, 6.07) is 11.9. The lowest BCUT2D eigenvalue weighted by Crippen LogP contribution is -2.73. The SMILES string of the molecule is CC(=O)N1CC2(C1)CN(C(=O)c1ccc3[nH]nc(-c4nc5ccc(N6CCOCC6)cc5[nH]4)c3c1)C2. The number of aromatic nitrogens is 4. The number of likely N-dealkylation sites (tertiary alicyclic amines) is 2. The molecule has 0 bridgehead atoms. The molecule has 3 aliphatic heterocycles. The number of aromatic amines is 2. The van der Waals surface area contributed by atoms with Crippen LogP contribution in [0, 0.1) is 5.41 Å². The van der Waals surface area contributed by atoms with Crippen LogP contribution < -0.4 is 4.90 Å². The zero-order valence-corrected chi connectivity index (χ0v) is 20.1. The Morgan fingerprint density at radius 1 is 0.972 bits per heavy atom. The summed E-state index contributed by atoms with van der Waals surface area (Å²) in [6.07, 6.45) is 0. The van der Waals surface area contributed by atoms with Crippen molar-refractivity contribution in [2.24, 2.45) is 5.41 Å². The summed E-state index contributed by atoms with van der Waals surface area (Å²) in [5.74, 6) is 0.781. The molecular formula is C26H27N7O3. The van der Waals surface area contributed by atoms with E-state index >= 15 is 0 Å². The molecule has 184 valence electrons. The number of amides is 2. The molecule has 0 atom stereocenters. The summed E-state index contributed by atoms with van der Waals surface area (Å²) in [6.45, 7) is 7.70. The third kappa shape index (κ3) is 3.35. The van der Waals surface area contributed by atoms with Crippen molar-refractivity contribution in [1.82, 2.24) is 30.0 Å². The van der Waals surface area contributed by atoms with Crippen molar-refractivity contribution >= 4 is 39.4 Å². The van der Waals surface area contributed by atoms with Crippen LogP contribution in [0.3, 0.4) is 0 Å². The minimum Gasteiger partial charge on any atom is -0.378 e. The second-order valence-corrected chi connectivity index (χ2v) is 10.3. The minimum absolute atomic E-state index is 0.00992. The number of imidazole rings is 1. The van der Waals surface area contributed by atoms with E-state index in [2.05, 4.69) is 32.2 Å². The van der Waals surface area contributed by atoms with Crippen LogP contribution in [-0.4, -0.2) is 94.3 Å². The molecule has 10 heteroatoms. The quantitative estimate of drug-likeness (QED) is 0.461. The largest absolute Gasteiger partial charge is 0.378 e. The summed E-state index contributed by atoms with van der Waals surface area (Å²) in [5.41, 5.74) is 5.23. The zero-order chi connectivity index (χ0) is 24.4. The highest BCUT2D eigenvalue weighted by Crippen LogP contribution is 2.40. The van der Waals surface area contributed by atoms with Gasteiger partial charge in [-0.2, -0.15) is 5.10 Å². The lowest BCUT2D eigenvalue weighted by molar-refractivity contribution is -0.152. The number of hydrogen-bond acceptors (Lipinski definition) is 6. The first kappa shape index (κ1) is 21.4. The second-order valence-electron chi connectivity index (χ2n) is 10.3. The number of rotatable bonds is 3. The van der Waals surface area contributed by atoms with Crippen molar-refractivity contribution in [3.63, 3.8) is 0 Å². The van der Waals surface area contributed by atoms with E-state index in [0.29, 0.717) is 30.2 Å². The van der Waals surface area contributed by atoms with Gasteiger partial charge in [-0.1, -0.05) is 0 Å². The Balaban J connectivity index is 1.14. The van der Waals surface area contributed by atoms with Crippen molar-refractivity contribution in [3.8, 4) is 11.5 Å². The topological polar surface area (TPSA) is 110 Å². The van der Waals surface area contributed by atoms with E-state index < -0.39 is 0 Å². The van der Waals surface area contributed by atoms with E-state index in [1.165, 1.54) is 0 Å². The molecule has 3 saturated heterocycles. The molecule has 0 saturated carbocycles. The molecule has 3 aliphatic rings. The second kappa shape index (κ2) is 7.79. The number of fused-ring (bicyclic) bond motifs is 2. The molecule has 36 heavy (non-hydrogen) atoms. The highest BCUT2D eigenvalue weighted by atomic mass is 16.5. The minimum atomic E-state index is 0.00992. The lowest BCUT2D eigenvalue weighted by atomic mass is 9.72. The van der Waals surface area contributed by atoms with E-state index in [0.717, 1.165) is 67.0 Å². The van der Waals surface area contributed by atoms with Crippen molar-refractivity contribution in [1.29, 1.82) is 0 Å². The number of carbonyl (C=O) groups is 2.